The molecule has 0 spiro atoms. The number of urea groups is 1. The summed E-state index contributed by atoms with van der Waals surface area (Å²) in [6, 6.07) is 7.64. The third kappa shape index (κ3) is 3.71. The van der Waals surface area contributed by atoms with Gasteiger partial charge in [0.1, 0.15) is 0 Å². The number of anilines is 1. The largest absolute Gasteiger partial charge is 0.367 e. The van der Waals surface area contributed by atoms with Crippen molar-refractivity contribution in [2.75, 3.05) is 25.0 Å². The average molecular weight is 277 g/mol. The molecule has 2 rings (SSSR count). The molecule has 1 aliphatic heterocycles. The van der Waals surface area contributed by atoms with Crippen molar-refractivity contribution in [3.8, 4) is 0 Å². The minimum absolute atomic E-state index is 0.108. The van der Waals surface area contributed by atoms with Crippen LogP contribution < -0.4 is 11.1 Å². The Labute approximate surface area is 120 Å². The van der Waals surface area contributed by atoms with Gasteiger partial charge in [0.2, 0.25) is 0 Å². The van der Waals surface area contributed by atoms with E-state index in [4.69, 9.17) is 10.5 Å². The number of hydrogen-bond acceptors (Lipinski definition) is 3. The molecule has 0 saturated carbocycles. The van der Waals surface area contributed by atoms with Gasteiger partial charge in [-0.15, -0.1) is 0 Å². The summed E-state index contributed by atoms with van der Waals surface area (Å²) in [5.41, 5.74) is 7.27. The predicted molar refractivity (Wildman–Crippen MR) is 79.8 cm³/mol. The molecule has 1 unspecified atom stereocenters. The first-order valence-corrected chi connectivity index (χ1v) is 6.90. The summed E-state index contributed by atoms with van der Waals surface area (Å²) < 4.78 is 5.82. The molecule has 1 aromatic carbocycles. The lowest BCUT2D eigenvalue weighted by atomic mass is 10.1. The fourth-order valence-electron chi connectivity index (χ4n) is 2.41. The minimum Gasteiger partial charge on any atom is -0.367 e. The van der Waals surface area contributed by atoms with Crippen LogP contribution in [-0.4, -0.2) is 42.3 Å². The van der Waals surface area contributed by atoms with E-state index in [-0.39, 0.29) is 17.7 Å². The fraction of sp³-hybridized carbons (Fsp3) is 0.533. The van der Waals surface area contributed by atoms with Crippen LogP contribution in [-0.2, 0) is 4.74 Å². The molecule has 5 heteroatoms. The second-order valence-corrected chi connectivity index (χ2v) is 5.91. The van der Waals surface area contributed by atoms with E-state index in [1.165, 1.54) is 5.56 Å². The van der Waals surface area contributed by atoms with Gasteiger partial charge < -0.3 is 20.7 Å². The molecule has 3 N–H and O–H groups in total. The fourth-order valence-corrected chi connectivity index (χ4v) is 2.41. The SMILES string of the molecule is Cc1ccc(NC(=O)N2CC(CN)OC(C)(C)C2)cc1. The quantitative estimate of drug-likeness (QED) is 0.868. The summed E-state index contributed by atoms with van der Waals surface area (Å²) >= 11 is 0. The number of ether oxygens (including phenoxy) is 1. The number of nitrogens with zero attached hydrogens (tertiary/aromatic N) is 1. The van der Waals surface area contributed by atoms with Gasteiger partial charge in [-0.25, -0.2) is 4.79 Å². The lowest BCUT2D eigenvalue weighted by molar-refractivity contribution is -0.119. The summed E-state index contributed by atoms with van der Waals surface area (Å²) in [4.78, 5) is 14.1. The molecule has 1 aromatic rings. The monoisotopic (exact) mass is 277 g/mol. The first kappa shape index (κ1) is 14.8. The Morgan fingerprint density at radius 3 is 2.70 bits per heavy atom. The van der Waals surface area contributed by atoms with E-state index in [1.54, 1.807) is 4.90 Å². The molecule has 0 radical (unpaired) electrons. The number of nitrogens with two attached hydrogens (primary N) is 1. The Hall–Kier alpha value is -1.59. The smallest absolute Gasteiger partial charge is 0.322 e. The lowest BCUT2D eigenvalue weighted by Gasteiger charge is -2.42. The van der Waals surface area contributed by atoms with E-state index in [0.717, 1.165) is 5.69 Å². The average Bonchev–Trinajstić information content (AvgIpc) is 2.39. The van der Waals surface area contributed by atoms with Gasteiger partial charge in [0.05, 0.1) is 18.2 Å². The maximum Gasteiger partial charge on any atom is 0.322 e. The standard InChI is InChI=1S/C15H23N3O2/c1-11-4-6-12(7-5-11)17-14(19)18-9-13(8-16)20-15(2,3)10-18/h4-7,13H,8-10,16H2,1-3H3,(H,17,19). The maximum atomic E-state index is 12.3. The summed E-state index contributed by atoms with van der Waals surface area (Å²) in [5.74, 6) is 0. The number of hydrogen-bond donors (Lipinski definition) is 2. The van der Waals surface area contributed by atoms with E-state index >= 15 is 0 Å². The number of amides is 2. The Kier molecular flexibility index (Phi) is 4.30. The van der Waals surface area contributed by atoms with Crippen LogP contribution in [0.25, 0.3) is 0 Å². The van der Waals surface area contributed by atoms with Crippen LogP contribution in [0.15, 0.2) is 24.3 Å². The van der Waals surface area contributed by atoms with Crippen molar-refractivity contribution in [3.05, 3.63) is 29.8 Å². The molecule has 1 heterocycles. The lowest BCUT2D eigenvalue weighted by Crippen LogP contribution is -2.57. The zero-order valence-electron chi connectivity index (χ0n) is 12.3. The molecule has 1 atom stereocenters. The van der Waals surface area contributed by atoms with Gasteiger partial charge in [0.15, 0.2) is 0 Å². The van der Waals surface area contributed by atoms with Crippen LogP contribution in [0.1, 0.15) is 19.4 Å². The number of carbonyl (C=O) groups is 1. The highest BCUT2D eigenvalue weighted by Crippen LogP contribution is 2.21. The molecule has 5 nitrogen and oxygen atoms in total. The van der Waals surface area contributed by atoms with Crippen LogP contribution >= 0.6 is 0 Å². The van der Waals surface area contributed by atoms with E-state index in [2.05, 4.69) is 5.32 Å². The minimum atomic E-state index is -0.368. The van der Waals surface area contributed by atoms with Crippen LogP contribution in [0.2, 0.25) is 0 Å². The zero-order valence-corrected chi connectivity index (χ0v) is 12.3. The highest BCUT2D eigenvalue weighted by Gasteiger charge is 2.35. The second-order valence-electron chi connectivity index (χ2n) is 5.91. The van der Waals surface area contributed by atoms with Gasteiger partial charge in [-0.05, 0) is 32.9 Å². The number of benzene rings is 1. The second kappa shape index (κ2) is 5.81. The van der Waals surface area contributed by atoms with Crippen molar-refractivity contribution < 1.29 is 9.53 Å². The molecule has 1 fully saturated rings. The van der Waals surface area contributed by atoms with Crippen LogP contribution in [0.3, 0.4) is 0 Å². The molecule has 0 bridgehead atoms. The topological polar surface area (TPSA) is 67.6 Å². The number of aryl methyl sites for hydroxylation is 1. The van der Waals surface area contributed by atoms with Crippen molar-refractivity contribution >= 4 is 11.7 Å². The van der Waals surface area contributed by atoms with E-state index in [1.807, 2.05) is 45.0 Å². The van der Waals surface area contributed by atoms with Gasteiger partial charge in [-0.2, -0.15) is 0 Å². The molecule has 0 aliphatic carbocycles. The van der Waals surface area contributed by atoms with Crippen molar-refractivity contribution in [1.29, 1.82) is 0 Å². The predicted octanol–water partition coefficient (Wildman–Crippen LogP) is 1.97. The highest BCUT2D eigenvalue weighted by molar-refractivity contribution is 5.89. The first-order valence-electron chi connectivity index (χ1n) is 6.90. The number of morpholine rings is 1. The zero-order chi connectivity index (χ0) is 14.8. The van der Waals surface area contributed by atoms with Crippen LogP contribution in [0.4, 0.5) is 10.5 Å². The molecule has 1 saturated heterocycles. The van der Waals surface area contributed by atoms with Crippen molar-refractivity contribution in [2.45, 2.75) is 32.5 Å². The molecule has 0 aromatic heterocycles. The Balaban J connectivity index is 2.02. The third-order valence-corrected chi connectivity index (χ3v) is 3.33. The summed E-state index contributed by atoms with van der Waals surface area (Å²) in [6.45, 7) is 7.46. The van der Waals surface area contributed by atoms with E-state index in [9.17, 15) is 4.79 Å². The maximum absolute atomic E-state index is 12.3. The molecule has 1 aliphatic rings. The van der Waals surface area contributed by atoms with Gasteiger partial charge in [0, 0.05) is 18.8 Å². The Morgan fingerprint density at radius 1 is 1.45 bits per heavy atom. The number of nitrogens with one attached hydrogen (secondary N) is 1. The molecular weight excluding hydrogens is 254 g/mol. The van der Waals surface area contributed by atoms with Gasteiger partial charge >= 0.3 is 6.03 Å². The molecular formula is C15H23N3O2. The summed E-state index contributed by atoms with van der Waals surface area (Å²) in [6.07, 6.45) is -0.109. The van der Waals surface area contributed by atoms with E-state index < -0.39 is 0 Å². The number of carbonyl (C=O) groups excluding carboxylic acids is 1. The number of rotatable bonds is 2. The normalized spacial score (nSPS) is 21.6. The summed E-state index contributed by atoms with van der Waals surface area (Å²) in [5, 5.41) is 2.91. The van der Waals surface area contributed by atoms with Gasteiger partial charge in [0.25, 0.3) is 0 Å². The molecule has 20 heavy (non-hydrogen) atoms. The summed E-state index contributed by atoms with van der Waals surface area (Å²) in [7, 11) is 0. The van der Waals surface area contributed by atoms with Crippen molar-refractivity contribution in [2.24, 2.45) is 5.73 Å². The van der Waals surface area contributed by atoms with Crippen LogP contribution in [0.5, 0.6) is 0 Å². The van der Waals surface area contributed by atoms with Crippen molar-refractivity contribution in [1.82, 2.24) is 4.90 Å². The van der Waals surface area contributed by atoms with Crippen LogP contribution in [0, 0.1) is 6.92 Å². The molecule has 110 valence electrons. The Bertz CT molecular complexity index is 471. The third-order valence-electron chi connectivity index (χ3n) is 3.33. The van der Waals surface area contributed by atoms with Crippen molar-refractivity contribution in [3.63, 3.8) is 0 Å². The molecule has 2 amide bonds. The van der Waals surface area contributed by atoms with Gasteiger partial charge in [-0.1, -0.05) is 17.7 Å². The Morgan fingerprint density at radius 2 is 2.10 bits per heavy atom. The highest BCUT2D eigenvalue weighted by atomic mass is 16.5. The first-order chi connectivity index (χ1) is 9.39. The van der Waals surface area contributed by atoms with E-state index in [0.29, 0.717) is 19.6 Å². The van der Waals surface area contributed by atoms with Gasteiger partial charge in [-0.3, -0.25) is 0 Å².